The minimum atomic E-state index is -0.362. The molecule has 0 saturated carbocycles. The van der Waals surface area contributed by atoms with E-state index in [2.05, 4.69) is 9.84 Å². The molecule has 0 fully saturated rings. The van der Waals surface area contributed by atoms with E-state index in [0.717, 1.165) is 5.69 Å². The van der Waals surface area contributed by atoms with Gasteiger partial charge in [0.1, 0.15) is 5.56 Å². The molecule has 0 bridgehead atoms. The number of carbonyl (C=O) groups excluding carboxylic acids is 2. The first-order chi connectivity index (χ1) is 9.10. The molecule has 0 N–H and O–H groups in total. The van der Waals surface area contributed by atoms with Gasteiger partial charge in [0.25, 0.3) is 0 Å². The number of thioether (sulfide) groups is 1. The molecule has 1 aromatic rings. The zero-order valence-electron chi connectivity index (χ0n) is 11.3. The van der Waals surface area contributed by atoms with E-state index in [1.165, 1.54) is 13.3 Å². The minimum absolute atomic E-state index is 0.233. The molecule has 0 aliphatic rings. The highest BCUT2D eigenvalue weighted by atomic mass is 32.2. The van der Waals surface area contributed by atoms with Gasteiger partial charge in [0, 0.05) is 18.6 Å². The molecule has 1 aromatic heterocycles. The molecule has 0 aliphatic heterocycles. The van der Waals surface area contributed by atoms with Crippen LogP contribution in [-0.4, -0.2) is 41.2 Å². The smallest absolute Gasteiger partial charge is 0.341 e. The highest BCUT2D eigenvalue weighted by Gasteiger charge is 2.17. The molecular weight excluding hydrogens is 268 g/mol. The maximum Gasteiger partial charge on any atom is 0.341 e. The largest absolute Gasteiger partial charge is 0.469 e. The molecule has 1 rings (SSSR count). The predicted octanol–water partition coefficient (Wildman–Crippen LogP) is 1.39. The third-order valence-electron chi connectivity index (χ3n) is 2.47. The van der Waals surface area contributed by atoms with Crippen molar-refractivity contribution in [3.8, 4) is 0 Å². The molecule has 0 spiro atoms. The first-order valence-electron chi connectivity index (χ1n) is 5.92. The monoisotopic (exact) mass is 286 g/mol. The van der Waals surface area contributed by atoms with Crippen LogP contribution in [0.25, 0.3) is 0 Å². The molecule has 1 heterocycles. The van der Waals surface area contributed by atoms with Crippen LogP contribution in [0.5, 0.6) is 0 Å². The number of hydrogen-bond acceptors (Lipinski definition) is 6. The van der Waals surface area contributed by atoms with Crippen molar-refractivity contribution >= 4 is 23.7 Å². The van der Waals surface area contributed by atoms with Crippen LogP contribution in [0.2, 0.25) is 0 Å². The van der Waals surface area contributed by atoms with Crippen LogP contribution in [0.1, 0.15) is 29.4 Å². The van der Waals surface area contributed by atoms with Crippen LogP contribution in [0, 0.1) is 0 Å². The average Bonchev–Trinajstić information content (AvgIpc) is 2.76. The van der Waals surface area contributed by atoms with Crippen molar-refractivity contribution in [2.24, 2.45) is 7.05 Å². The SMILES string of the molecule is CCOC(=O)c1cnn(C)c1CSCCC(=O)OC. The Morgan fingerprint density at radius 2 is 2.21 bits per heavy atom. The summed E-state index contributed by atoms with van der Waals surface area (Å²) in [4.78, 5) is 22.7. The van der Waals surface area contributed by atoms with E-state index >= 15 is 0 Å². The second-order valence-electron chi connectivity index (χ2n) is 3.73. The van der Waals surface area contributed by atoms with Gasteiger partial charge in [-0.05, 0) is 6.92 Å². The fourth-order valence-electron chi connectivity index (χ4n) is 1.44. The number of rotatable bonds is 7. The van der Waals surface area contributed by atoms with Crippen LogP contribution >= 0.6 is 11.8 Å². The van der Waals surface area contributed by atoms with E-state index in [-0.39, 0.29) is 11.9 Å². The molecule has 19 heavy (non-hydrogen) atoms. The fourth-order valence-corrected chi connectivity index (χ4v) is 2.43. The number of ether oxygens (including phenoxy) is 2. The lowest BCUT2D eigenvalue weighted by atomic mass is 10.3. The third-order valence-corrected chi connectivity index (χ3v) is 3.44. The summed E-state index contributed by atoms with van der Waals surface area (Å²) in [7, 11) is 3.14. The lowest BCUT2D eigenvalue weighted by Gasteiger charge is -2.05. The van der Waals surface area contributed by atoms with Gasteiger partial charge in [0.15, 0.2) is 0 Å². The topological polar surface area (TPSA) is 70.4 Å². The summed E-state index contributed by atoms with van der Waals surface area (Å²) in [6.07, 6.45) is 1.86. The molecular formula is C12H18N2O4S. The van der Waals surface area contributed by atoms with E-state index in [9.17, 15) is 9.59 Å². The van der Waals surface area contributed by atoms with Gasteiger partial charge in [-0.15, -0.1) is 0 Å². The molecule has 0 amide bonds. The van der Waals surface area contributed by atoms with Gasteiger partial charge in [0.05, 0.1) is 32.0 Å². The summed E-state index contributed by atoms with van der Waals surface area (Å²) in [5, 5.41) is 4.06. The zero-order valence-corrected chi connectivity index (χ0v) is 12.2. The highest BCUT2D eigenvalue weighted by molar-refractivity contribution is 7.98. The number of nitrogens with zero attached hydrogens (tertiary/aromatic N) is 2. The predicted molar refractivity (Wildman–Crippen MR) is 72.0 cm³/mol. The summed E-state index contributed by atoms with van der Waals surface area (Å²) < 4.78 is 11.2. The summed E-state index contributed by atoms with van der Waals surface area (Å²) in [5.41, 5.74) is 1.28. The Morgan fingerprint density at radius 3 is 2.84 bits per heavy atom. The van der Waals surface area contributed by atoms with E-state index in [4.69, 9.17) is 4.74 Å². The molecule has 0 saturated heterocycles. The number of carbonyl (C=O) groups is 2. The Bertz CT molecular complexity index is 445. The number of aromatic nitrogens is 2. The highest BCUT2D eigenvalue weighted by Crippen LogP contribution is 2.17. The van der Waals surface area contributed by atoms with Crippen LogP contribution in [0.3, 0.4) is 0 Å². The number of hydrogen-bond donors (Lipinski definition) is 0. The molecule has 0 unspecified atom stereocenters. The van der Waals surface area contributed by atoms with Crippen LogP contribution < -0.4 is 0 Å². The van der Waals surface area contributed by atoms with Crippen molar-refractivity contribution in [1.29, 1.82) is 0 Å². The summed E-state index contributed by atoms with van der Waals surface area (Å²) >= 11 is 1.55. The molecule has 6 nitrogen and oxygen atoms in total. The third kappa shape index (κ3) is 4.59. The number of methoxy groups -OCH3 is 1. The molecule has 0 aromatic carbocycles. The second-order valence-corrected chi connectivity index (χ2v) is 4.83. The quantitative estimate of drug-likeness (QED) is 0.557. The van der Waals surface area contributed by atoms with Gasteiger partial charge in [-0.3, -0.25) is 9.48 Å². The average molecular weight is 286 g/mol. The lowest BCUT2D eigenvalue weighted by molar-refractivity contribution is -0.140. The molecule has 7 heteroatoms. The zero-order chi connectivity index (χ0) is 14.3. The summed E-state index contributed by atoms with van der Waals surface area (Å²) in [6.45, 7) is 2.10. The standard InChI is InChI=1S/C12H18N2O4S/c1-4-18-12(16)9-7-13-14(2)10(9)8-19-6-5-11(15)17-3/h7H,4-6,8H2,1-3H3. The van der Waals surface area contributed by atoms with Crippen molar-refractivity contribution in [2.75, 3.05) is 19.5 Å². The van der Waals surface area contributed by atoms with Crippen LogP contribution in [0.15, 0.2) is 6.20 Å². The van der Waals surface area contributed by atoms with E-state index in [0.29, 0.717) is 30.1 Å². The van der Waals surface area contributed by atoms with E-state index < -0.39 is 0 Å². The Morgan fingerprint density at radius 1 is 1.47 bits per heavy atom. The maximum atomic E-state index is 11.7. The van der Waals surface area contributed by atoms with E-state index in [1.54, 1.807) is 30.4 Å². The Hall–Kier alpha value is -1.50. The normalized spacial score (nSPS) is 10.3. The first kappa shape index (κ1) is 15.6. The summed E-state index contributed by atoms with van der Waals surface area (Å²) in [5.74, 6) is 0.643. The Balaban J connectivity index is 2.55. The fraction of sp³-hybridized carbons (Fsp3) is 0.583. The number of esters is 2. The van der Waals surface area contributed by atoms with Gasteiger partial charge in [-0.1, -0.05) is 0 Å². The molecule has 0 aliphatic carbocycles. The van der Waals surface area contributed by atoms with Crippen LogP contribution in [-0.2, 0) is 27.1 Å². The molecule has 0 radical (unpaired) electrons. The molecule has 0 atom stereocenters. The maximum absolute atomic E-state index is 11.7. The summed E-state index contributed by atoms with van der Waals surface area (Å²) in [6, 6.07) is 0. The first-order valence-corrected chi connectivity index (χ1v) is 7.08. The van der Waals surface area contributed by atoms with Gasteiger partial charge < -0.3 is 9.47 Å². The van der Waals surface area contributed by atoms with Crippen molar-refractivity contribution in [3.63, 3.8) is 0 Å². The Labute approximate surface area is 116 Å². The minimum Gasteiger partial charge on any atom is -0.469 e. The van der Waals surface area contributed by atoms with Gasteiger partial charge >= 0.3 is 11.9 Å². The molecule has 106 valence electrons. The van der Waals surface area contributed by atoms with Crippen molar-refractivity contribution in [2.45, 2.75) is 19.1 Å². The second kappa shape index (κ2) is 7.83. The van der Waals surface area contributed by atoms with Crippen molar-refractivity contribution < 1.29 is 19.1 Å². The van der Waals surface area contributed by atoms with Gasteiger partial charge in [0.2, 0.25) is 0 Å². The van der Waals surface area contributed by atoms with Crippen molar-refractivity contribution in [1.82, 2.24) is 9.78 Å². The Kier molecular flexibility index (Phi) is 6.41. The van der Waals surface area contributed by atoms with Crippen molar-refractivity contribution in [3.05, 3.63) is 17.5 Å². The van der Waals surface area contributed by atoms with Gasteiger partial charge in [-0.2, -0.15) is 16.9 Å². The van der Waals surface area contributed by atoms with Crippen LogP contribution in [0.4, 0.5) is 0 Å². The lowest BCUT2D eigenvalue weighted by Crippen LogP contribution is -2.08. The van der Waals surface area contributed by atoms with Gasteiger partial charge in [-0.25, -0.2) is 4.79 Å². The number of aryl methyl sites for hydroxylation is 1. The van der Waals surface area contributed by atoms with E-state index in [1.807, 2.05) is 0 Å².